The van der Waals surface area contributed by atoms with Gasteiger partial charge in [0.05, 0.1) is 29.9 Å². The van der Waals surface area contributed by atoms with E-state index in [-0.39, 0.29) is 17.9 Å². The van der Waals surface area contributed by atoms with Crippen LogP contribution in [0.3, 0.4) is 0 Å². The first-order valence-electron chi connectivity index (χ1n) is 9.72. The molecule has 0 saturated heterocycles. The summed E-state index contributed by atoms with van der Waals surface area (Å²) in [5.74, 6) is -0.709. The van der Waals surface area contributed by atoms with Crippen molar-refractivity contribution in [3.05, 3.63) is 77.9 Å². The van der Waals surface area contributed by atoms with Gasteiger partial charge in [0.1, 0.15) is 16.9 Å². The van der Waals surface area contributed by atoms with E-state index < -0.39 is 11.9 Å². The predicted octanol–water partition coefficient (Wildman–Crippen LogP) is 2.75. The number of nitrogens with two attached hydrogens (primary N) is 1. The normalized spacial score (nSPS) is 11.2. The lowest BCUT2D eigenvalue weighted by atomic mass is 10.1. The summed E-state index contributed by atoms with van der Waals surface area (Å²) in [7, 11) is 1.32. The Morgan fingerprint density at radius 2 is 1.84 bits per heavy atom. The van der Waals surface area contributed by atoms with E-state index >= 15 is 0 Å². The zero-order valence-electron chi connectivity index (χ0n) is 17.3. The van der Waals surface area contributed by atoms with Gasteiger partial charge in [-0.05, 0) is 29.8 Å². The highest BCUT2D eigenvalue weighted by Gasteiger charge is 2.23. The van der Waals surface area contributed by atoms with Crippen LogP contribution in [0, 0.1) is 0 Å². The van der Waals surface area contributed by atoms with E-state index in [9.17, 15) is 9.59 Å². The number of nitrogens with zero attached hydrogens (tertiary/aromatic N) is 4. The molecule has 2 aromatic carbocycles. The van der Waals surface area contributed by atoms with Crippen LogP contribution in [-0.4, -0.2) is 46.4 Å². The Morgan fingerprint density at radius 3 is 2.50 bits per heavy atom. The van der Waals surface area contributed by atoms with E-state index in [0.29, 0.717) is 33.3 Å². The second-order valence-corrected chi connectivity index (χ2v) is 6.81. The van der Waals surface area contributed by atoms with Gasteiger partial charge in [-0.2, -0.15) is 9.78 Å². The summed E-state index contributed by atoms with van der Waals surface area (Å²) in [6.45, 7) is 3.89. The van der Waals surface area contributed by atoms with E-state index in [1.165, 1.54) is 11.8 Å². The third-order valence-electron chi connectivity index (χ3n) is 4.76. The van der Waals surface area contributed by atoms with Crippen LogP contribution in [-0.2, 0) is 4.74 Å². The van der Waals surface area contributed by atoms with Gasteiger partial charge in [-0.3, -0.25) is 4.79 Å². The van der Waals surface area contributed by atoms with Crippen LogP contribution in [0.1, 0.15) is 26.3 Å². The standard InChI is InChI=1S/C23H20N6O3/c1-3-12-25-22(30)18-19-21(28-17-7-5-4-6-16(17)27-19)29(20(18)24)26-13-14-8-10-15(11-9-14)23(31)32-2/h3-11,13H,1,12,24H2,2H3,(H,25,30). The molecule has 0 saturated carbocycles. The molecule has 1 amide bonds. The second-order valence-electron chi connectivity index (χ2n) is 6.81. The molecule has 4 rings (SSSR count). The van der Waals surface area contributed by atoms with Crippen molar-refractivity contribution < 1.29 is 14.3 Å². The number of benzene rings is 2. The van der Waals surface area contributed by atoms with Crippen molar-refractivity contribution in [2.24, 2.45) is 5.10 Å². The van der Waals surface area contributed by atoms with Gasteiger partial charge in [0.15, 0.2) is 5.65 Å². The number of amides is 1. The highest BCUT2D eigenvalue weighted by molar-refractivity contribution is 6.10. The summed E-state index contributed by atoms with van der Waals surface area (Å²) >= 11 is 0. The molecule has 0 aliphatic heterocycles. The number of aromatic nitrogens is 3. The average Bonchev–Trinajstić information content (AvgIpc) is 3.09. The Balaban J connectivity index is 1.82. The average molecular weight is 428 g/mol. The van der Waals surface area contributed by atoms with Gasteiger partial charge in [0.2, 0.25) is 0 Å². The summed E-state index contributed by atoms with van der Waals surface area (Å²) in [4.78, 5) is 33.6. The van der Waals surface area contributed by atoms with Crippen molar-refractivity contribution in [1.29, 1.82) is 0 Å². The molecule has 4 aromatic rings. The van der Waals surface area contributed by atoms with Crippen LogP contribution in [0.4, 0.5) is 5.82 Å². The van der Waals surface area contributed by atoms with Crippen molar-refractivity contribution in [3.63, 3.8) is 0 Å². The van der Waals surface area contributed by atoms with Crippen molar-refractivity contribution in [2.75, 3.05) is 19.4 Å². The first-order valence-corrected chi connectivity index (χ1v) is 9.72. The molecule has 32 heavy (non-hydrogen) atoms. The van der Waals surface area contributed by atoms with E-state index in [4.69, 9.17) is 10.5 Å². The van der Waals surface area contributed by atoms with Crippen molar-refractivity contribution in [3.8, 4) is 0 Å². The molecule has 2 heterocycles. The lowest BCUT2D eigenvalue weighted by Crippen LogP contribution is -2.24. The zero-order chi connectivity index (χ0) is 22.7. The van der Waals surface area contributed by atoms with Crippen LogP contribution in [0.2, 0.25) is 0 Å². The summed E-state index contributed by atoms with van der Waals surface area (Å²) in [6.07, 6.45) is 3.13. The number of hydrogen-bond acceptors (Lipinski definition) is 7. The van der Waals surface area contributed by atoms with Crippen molar-refractivity contribution in [2.45, 2.75) is 0 Å². The fraction of sp³-hybridized carbons (Fsp3) is 0.0870. The quantitative estimate of drug-likeness (QED) is 0.276. The lowest BCUT2D eigenvalue weighted by Gasteiger charge is -2.03. The summed E-state index contributed by atoms with van der Waals surface area (Å²) in [5, 5.41) is 7.16. The number of anilines is 1. The molecule has 0 radical (unpaired) electrons. The maximum absolute atomic E-state index is 12.8. The number of nitrogen functional groups attached to an aromatic ring is 1. The molecule has 160 valence electrons. The Bertz CT molecular complexity index is 1370. The maximum Gasteiger partial charge on any atom is 0.337 e. The van der Waals surface area contributed by atoms with Crippen molar-refractivity contribution in [1.82, 2.24) is 20.0 Å². The van der Waals surface area contributed by atoms with Gasteiger partial charge in [-0.1, -0.05) is 30.3 Å². The van der Waals surface area contributed by atoms with Crippen LogP contribution in [0.5, 0.6) is 0 Å². The van der Waals surface area contributed by atoms with E-state index in [2.05, 4.69) is 27.0 Å². The van der Waals surface area contributed by atoms with E-state index in [0.717, 1.165) is 0 Å². The van der Waals surface area contributed by atoms with Crippen LogP contribution < -0.4 is 11.1 Å². The largest absolute Gasteiger partial charge is 0.465 e. The predicted molar refractivity (Wildman–Crippen MR) is 123 cm³/mol. The smallest absolute Gasteiger partial charge is 0.337 e. The second kappa shape index (κ2) is 8.68. The molecule has 0 fully saturated rings. The maximum atomic E-state index is 12.8. The minimum Gasteiger partial charge on any atom is -0.465 e. The third-order valence-corrected chi connectivity index (χ3v) is 4.76. The Morgan fingerprint density at radius 1 is 1.16 bits per heavy atom. The molecule has 9 nitrogen and oxygen atoms in total. The van der Waals surface area contributed by atoms with Gasteiger partial charge >= 0.3 is 5.97 Å². The van der Waals surface area contributed by atoms with Gasteiger partial charge < -0.3 is 15.8 Å². The fourth-order valence-corrected chi connectivity index (χ4v) is 3.19. The molecule has 3 N–H and O–H groups in total. The molecular weight excluding hydrogens is 408 g/mol. The fourth-order valence-electron chi connectivity index (χ4n) is 3.19. The molecule has 0 atom stereocenters. The Kier molecular flexibility index (Phi) is 5.63. The molecule has 9 heteroatoms. The molecule has 2 aromatic heterocycles. The van der Waals surface area contributed by atoms with Gasteiger partial charge in [0, 0.05) is 6.54 Å². The number of carbonyl (C=O) groups is 2. The van der Waals surface area contributed by atoms with E-state index in [1.807, 2.05) is 24.3 Å². The Hall–Kier alpha value is -4.53. The topological polar surface area (TPSA) is 124 Å². The first-order chi connectivity index (χ1) is 15.5. The van der Waals surface area contributed by atoms with Gasteiger partial charge in [-0.15, -0.1) is 6.58 Å². The molecule has 0 spiro atoms. The summed E-state index contributed by atoms with van der Waals surface area (Å²) in [6, 6.07) is 14.0. The van der Waals surface area contributed by atoms with Crippen LogP contribution in [0.25, 0.3) is 22.2 Å². The van der Waals surface area contributed by atoms with Crippen LogP contribution in [0.15, 0.2) is 66.3 Å². The number of hydrogen-bond donors (Lipinski definition) is 2. The minimum absolute atomic E-state index is 0.110. The number of esters is 1. The zero-order valence-corrected chi connectivity index (χ0v) is 17.3. The molecule has 0 unspecified atom stereocenters. The number of methoxy groups -OCH3 is 1. The highest BCUT2D eigenvalue weighted by atomic mass is 16.5. The minimum atomic E-state index is -0.425. The van der Waals surface area contributed by atoms with Crippen LogP contribution >= 0.6 is 0 Å². The highest BCUT2D eigenvalue weighted by Crippen LogP contribution is 2.27. The van der Waals surface area contributed by atoms with E-state index in [1.54, 1.807) is 36.6 Å². The Labute approximate surface area is 183 Å². The van der Waals surface area contributed by atoms with Crippen molar-refractivity contribution >= 4 is 46.1 Å². The van der Waals surface area contributed by atoms with Gasteiger partial charge in [0.25, 0.3) is 5.91 Å². The first kappa shape index (κ1) is 20.7. The summed E-state index contributed by atoms with van der Waals surface area (Å²) in [5.41, 5.74) is 9.64. The number of para-hydroxylation sites is 2. The summed E-state index contributed by atoms with van der Waals surface area (Å²) < 4.78 is 6.09. The molecule has 0 bridgehead atoms. The number of fused-ring (bicyclic) bond motifs is 2. The molecular formula is C23H20N6O3. The number of nitrogens with one attached hydrogen (secondary N) is 1. The third kappa shape index (κ3) is 3.79. The number of ether oxygens (including phenoxy) is 1. The number of rotatable bonds is 6. The lowest BCUT2D eigenvalue weighted by molar-refractivity contribution is 0.0600. The molecule has 0 aliphatic rings. The SMILES string of the molecule is C=CCNC(=O)c1c(N)n(N=Cc2ccc(C(=O)OC)cc2)c2nc3ccccc3nc12. The molecule has 0 aliphatic carbocycles. The number of carbonyl (C=O) groups excluding carboxylic acids is 2. The monoisotopic (exact) mass is 428 g/mol. The van der Waals surface area contributed by atoms with Gasteiger partial charge in [-0.25, -0.2) is 14.8 Å².